The van der Waals surface area contributed by atoms with E-state index in [1.807, 2.05) is 0 Å². The first kappa shape index (κ1) is 12.4. The van der Waals surface area contributed by atoms with Crippen LogP contribution in [0.15, 0.2) is 0 Å². The largest absolute Gasteiger partial charge is 0.311 e. The minimum Gasteiger partial charge on any atom is -0.311 e. The smallest absolute Gasteiger partial charge is 0.0121 e. The maximum Gasteiger partial charge on any atom is 0.0121 e. The molecule has 0 aromatic carbocycles. The van der Waals surface area contributed by atoms with Gasteiger partial charge in [0, 0.05) is 12.1 Å². The molecule has 2 saturated carbocycles. The Morgan fingerprint density at radius 3 is 2.25 bits per heavy atom. The third-order valence-electron chi connectivity index (χ3n) is 4.96. The molecular formula is C15H29N. The first-order valence-corrected chi connectivity index (χ1v) is 7.34. The molecule has 0 radical (unpaired) electrons. The van der Waals surface area contributed by atoms with Crippen LogP contribution in [-0.2, 0) is 0 Å². The van der Waals surface area contributed by atoms with Crippen LogP contribution in [0.3, 0.4) is 0 Å². The minimum absolute atomic E-state index is 0.529. The van der Waals surface area contributed by atoms with Crippen molar-refractivity contribution >= 4 is 0 Å². The van der Waals surface area contributed by atoms with E-state index in [-0.39, 0.29) is 0 Å². The highest BCUT2D eigenvalue weighted by Crippen LogP contribution is 2.36. The molecule has 0 amide bonds. The van der Waals surface area contributed by atoms with Crippen LogP contribution in [-0.4, -0.2) is 12.1 Å². The van der Waals surface area contributed by atoms with Crippen LogP contribution in [0.5, 0.6) is 0 Å². The van der Waals surface area contributed by atoms with Crippen LogP contribution in [0.4, 0.5) is 0 Å². The van der Waals surface area contributed by atoms with Crippen molar-refractivity contribution in [1.29, 1.82) is 0 Å². The highest BCUT2D eigenvalue weighted by Gasteiger charge is 2.33. The van der Waals surface area contributed by atoms with Crippen LogP contribution in [0.25, 0.3) is 0 Å². The molecule has 16 heavy (non-hydrogen) atoms. The van der Waals surface area contributed by atoms with Gasteiger partial charge in [0.05, 0.1) is 0 Å². The number of hydrogen-bond donors (Lipinski definition) is 1. The highest BCUT2D eigenvalue weighted by molar-refractivity contribution is 4.90. The van der Waals surface area contributed by atoms with Gasteiger partial charge >= 0.3 is 0 Å². The van der Waals surface area contributed by atoms with E-state index in [0.29, 0.717) is 5.41 Å². The molecule has 1 unspecified atom stereocenters. The summed E-state index contributed by atoms with van der Waals surface area (Å²) in [6.07, 6.45) is 11.4. The summed E-state index contributed by atoms with van der Waals surface area (Å²) in [5.41, 5.74) is 0.529. The van der Waals surface area contributed by atoms with Gasteiger partial charge in [0.25, 0.3) is 0 Å². The van der Waals surface area contributed by atoms with Gasteiger partial charge in [-0.05, 0) is 49.9 Å². The molecule has 0 aliphatic heterocycles. The Hall–Kier alpha value is -0.0400. The molecular weight excluding hydrogens is 194 g/mol. The predicted molar refractivity (Wildman–Crippen MR) is 70.6 cm³/mol. The van der Waals surface area contributed by atoms with E-state index >= 15 is 0 Å². The summed E-state index contributed by atoms with van der Waals surface area (Å²) >= 11 is 0. The van der Waals surface area contributed by atoms with Gasteiger partial charge in [0.1, 0.15) is 0 Å². The third-order valence-corrected chi connectivity index (χ3v) is 4.96. The normalized spacial score (nSPS) is 39.6. The van der Waals surface area contributed by atoms with E-state index in [2.05, 4.69) is 26.1 Å². The molecule has 0 bridgehead atoms. The summed E-state index contributed by atoms with van der Waals surface area (Å²) in [6.45, 7) is 7.31. The van der Waals surface area contributed by atoms with Crippen molar-refractivity contribution in [2.24, 2.45) is 11.3 Å². The average molecular weight is 223 g/mol. The zero-order valence-corrected chi connectivity index (χ0v) is 11.4. The highest BCUT2D eigenvalue weighted by atomic mass is 15.0. The van der Waals surface area contributed by atoms with Gasteiger partial charge in [0.15, 0.2) is 0 Å². The number of rotatable bonds is 2. The van der Waals surface area contributed by atoms with Gasteiger partial charge in [-0.25, -0.2) is 0 Å². The lowest BCUT2D eigenvalue weighted by atomic mass is 9.72. The number of nitrogens with one attached hydrogen (secondary N) is 1. The quantitative estimate of drug-likeness (QED) is 0.742. The first-order valence-electron chi connectivity index (χ1n) is 7.34. The monoisotopic (exact) mass is 223 g/mol. The molecule has 1 heteroatoms. The molecule has 2 fully saturated rings. The average Bonchev–Trinajstić information content (AvgIpc) is 2.24. The summed E-state index contributed by atoms with van der Waals surface area (Å²) in [5.74, 6) is 0.970. The van der Waals surface area contributed by atoms with Crippen LogP contribution >= 0.6 is 0 Å². The second kappa shape index (κ2) is 5.08. The molecule has 1 N–H and O–H groups in total. The SMILES string of the molecule is CC1CCC(NC2CCCCC2(C)C)CC1. The van der Waals surface area contributed by atoms with Crippen molar-refractivity contribution in [3.8, 4) is 0 Å². The first-order chi connectivity index (χ1) is 7.58. The molecule has 2 aliphatic rings. The van der Waals surface area contributed by atoms with Crippen molar-refractivity contribution in [2.75, 3.05) is 0 Å². The lowest BCUT2D eigenvalue weighted by molar-refractivity contribution is 0.141. The summed E-state index contributed by atoms with van der Waals surface area (Å²) in [5, 5.41) is 3.97. The zero-order chi connectivity index (χ0) is 11.6. The van der Waals surface area contributed by atoms with E-state index in [9.17, 15) is 0 Å². The summed E-state index contributed by atoms with van der Waals surface area (Å²) in [6, 6.07) is 1.60. The maximum absolute atomic E-state index is 3.97. The Morgan fingerprint density at radius 1 is 0.938 bits per heavy atom. The fourth-order valence-electron chi connectivity index (χ4n) is 3.51. The van der Waals surface area contributed by atoms with E-state index in [1.54, 1.807) is 0 Å². The van der Waals surface area contributed by atoms with Crippen molar-refractivity contribution in [3.05, 3.63) is 0 Å². The fourth-order valence-corrected chi connectivity index (χ4v) is 3.51. The van der Waals surface area contributed by atoms with E-state index in [0.717, 1.165) is 18.0 Å². The standard InChI is InChI=1S/C15H29N/c1-12-7-9-13(10-8-12)16-14-6-4-5-11-15(14,2)3/h12-14,16H,4-11H2,1-3H3. The summed E-state index contributed by atoms with van der Waals surface area (Å²) < 4.78 is 0. The second-order valence-electron chi connectivity index (χ2n) is 6.91. The summed E-state index contributed by atoms with van der Waals surface area (Å²) in [4.78, 5) is 0. The lowest BCUT2D eigenvalue weighted by Gasteiger charge is -2.42. The van der Waals surface area contributed by atoms with Crippen LogP contribution in [0.2, 0.25) is 0 Å². The minimum atomic E-state index is 0.529. The van der Waals surface area contributed by atoms with Crippen LogP contribution in [0, 0.1) is 11.3 Å². The molecule has 2 aliphatic carbocycles. The van der Waals surface area contributed by atoms with Gasteiger partial charge in [-0.1, -0.05) is 33.6 Å². The molecule has 0 aromatic rings. The van der Waals surface area contributed by atoms with E-state index in [1.165, 1.54) is 51.4 Å². The van der Waals surface area contributed by atoms with Crippen molar-refractivity contribution in [3.63, 3.8) is 0 Å². The second-order valence-corrected chi connectivity index (χ2v) is 6.91. The molecule has 0 saturated heterocycles. The van der Waals surface area contributed by atoms with Gasteiger partial charge in [-0.2, -0.15) is 0 Å². The molecule has 1 nitrogen and oxygen atoms in total. The van der Waals surface area contributed by atoms with E-state index in [4.69, 9.17) is 0 Å². The van der Waals surface area contributed by atoms with Crippen LogP contribution < -0.4 is 5.32 Å². The van der Waals surface area contributed by atoms with Crippen molar-refractivity contribution < 1.29 is 0 Å². The zero-order valence-electron chi connectivity index (χ0n) is 11.4. The lowest BCUT2D eigenvalue weighted by Crippen LogP contribution is -2.49. The topological polar surface area (TPSA) is 12.0 Å². The molecule has 0 aromatic heterocycles. The predicted octanol–water partition coefficient (Wildman–Crippen LogP) is 4.12. The Balaban J connectivity index is 1.84. The fraction of sp³-hybridized carbons (Fsp3) is 1.00. The Labute approximate surface area is 101 Å². The van der Waals surface area contributed by atoms with Gasteiger partial charge in [-0.3, -0.25) is 0 Å². The molecule has 1 atom stereocenters. The Kier molecular flexibility index (Phi) is 3.94. The van der Waals surface area contributed by atoms with Gasteiger partial charge in [0.2, 0.25) is 0 Å². The Bertz CT molecular complexity index is 213. The number of hydrogen-bond acceptors (Lipinski definition) is 1. The Morgan fingerprint density at radius 2 is 1.62 bits per heavy atom. The van der Waals surface area contributed by atoms with Gasteiger partial charge < -0.3 is 5.32 Å². The van der Waals surface area contributed by atoms with Crippen molar-refractivity contribution in [1.82, 2.24) is 5.32 Å². The van der Waals surface area contributed by atoms with Gasteiger partial charge in [-0.15, -0.1) is 0 Å². The van der Waals surface area contributed by atoms with Crippen LogP contribution in [0.1, 0.15) is 72.1 Å². The van der Waals surface area contributed by atoms with Crippen molar-refractivity contribution in [2.45, 2.75) is 84.2 Å². The molecule has 2 rings (SSSR count). The molecule has 0 spiro atoms. The molecule has 0 heterocycles. The molecule has 94 valence electrons. The van der Waals surface area contributed by atoms with E-state index < -0.39 is 0 Å². The summed E-state index contributed by atoms with van der Waals surface area (Å²) in [7, 11) is 0. The maximum atomic E-state index is 3.97. The third kappa shape index (κ3) is 3.00.